The molecule has 0 aliphatic rings. The van der Waals surface area contributed by atoms with Gasteiger partial charge in [-0.15, -0.1) is 11.3 Å². The van der Waals surface area contributed by atoms with Gasteiger partial charge in [-0.05, 0) is 29.3 Å². The van der Waals surface area contributed by atoms with E-state index in [0.717, 1.165) is 34.1 Å². The standard InChI is InChI=1S/C12H16BrN5S/c1-3-4-14-11-10(13)12(18-7-17-11)16-6-9-5-15-8(2)19-9/h5,7H,3-4,6H2,1-2H3,(H2,14,16,17,18). The maximum atomic E-state index is 4.24. The number of aromatic nitrogens is 3. The third-order valence-electron chi connectivity index (χ3n) is 2.43. The lowest BCUT2D eigenvalue weighted by atomic mass is 10.4. The molecule has 0 saturated carbocycles. The van der Waals surface area contributed by atoms with Crippen LogP contribution >= 0.6 is 27.3 Å². The normalized spacial score (nSPS) is 10.5. The van der Waals surface area contributed by atoms with Crippen LogP contribution in [0.5, 0.6) is 0 Å². The van der Waals surface area contributed by atoms with E-state index in [4.69, 9.17) is 0 Å². The van der Waals surface area contributed by atoms with Gasteiger partial charge in [-0.25, -0.2) is 15.0 Å². The molecular formula is C12H16BrN5S. The van der Waals surface area contributed by atoms with Gasteiger partial charge in [0.05, 0.1) is 11.6 Å². The number of rotatable bonds is 6. The van der Waals surface area contributed by atoms with Gasteiger partial charge in [0.25, 0.3) is 0 Å². The molecular weight excluding hydrogens is 326 g/mol. The Labute approximate surface area is 125 Å². The summed E-state index contributed by atoms with van der Waals surface area (Å²) in [6.45, 7) is 5.73. The first-order chi connectivity index (χ1) is 9.20. The summed E-state index contributed by atoms with van der Waals surface area (Å²) >= 11 is 5.21. The third-order valence-corrected chi connectivity index (χ3v) is 4.10. The Kier molecular flexibility index (Phi) is 5.09. The number of anilines is 2. The van der Waals surface area contributed by atoms with E-state index in [1.807, 2.05) is 13.1 Å². The van der Waals surface area contributed by atoms with Crippen molar-refractivity contribution in [3.8, 4) is 0 Å². The summed E-state index contributed by atoms with van der Waals surface area (Å²) in [4.78, 5) is 13.9. The maximum Gasteiger partial charge on any atom is 0.146 e. The molecule has 0 atom stereocenters. The fourth-order valence-electron chi connectivity index (χ4n) is 1.52. The van der Waals surface area contributed by atoms with Crippen molar-refractivity contribution in [3.05, 3.63) is 26.9 Å². The second-order valence-corrected chi connectivity index (χ2v) is 6.12. The number of nitrogens with one attached hydrogen (secondary N) is 2. The number of aryl methyl sites for hydroxylation is 1. The van der Waals surface area contributed by atoms with Crippen LogP contribution in [-0.4, -0.2) is 21.5 Å². The largest absolute Gasteiger partial charge is 0.369 e. The van der Waals surface area contributed by atoms with Gasteiger partial charge in [0.2, 0.25) is 0 Å². The molecule has 2 rings (SSSR count). The topological polar surface area (TPSA) is 62.7 Å². The second-order valence-electron chi connectivity index (χ2n) is 4.01. The highest BCUT2D eigenvalue weighted by Gasteiger charge is 2.08. The Morgan fingerprint density at radius 3 is 2.58 bits per heavy atom. The van der Waals surface area contributed by atoms with Gasteiger partial charge in [-0.1, -0.05) is 6.92 Å². The second kappa shape index (κ2) is 6.81. The number of thiazole rings is 1. The van der Waals surface area contributed by atoms with E-state index >= 15 is 0 Å². The van der Waals surface area contributed by atoms with Crippen molar-refractivity contribution >= 4 is 38.9 Å². The van der Waals surface area contributed by atoms with Crippen molar-refractivity contribution in [1.29, 1.82) is 0 Å². The molecule has 7 heteroatoms. The average Bonchev–Trinajstić information content (AvgIpc) is 2.82. The van der Waals surface area contributed by atoms with Crippen molar-refractivity contribution in [2.24, 2.45) is 0 Å². The summed E-state index contributed by atoms with van der Waals surface area (Å²) in [6, 6.07) is 0. The van der Waals surface area contributed by atoms with Gasteiger partial charge in [0, 0.05) is 17.6 Å². The quantitative estimate of drug-likeness (QED) is 0.842. The third kappa shape index (κ3) is 3.87. The highest BCUT2D eigenvalue weighted by Crippen LogP contribution is 2.27. The Balaban J connectivity index is 2.03. The van der Waals surface area contributed by atoms with Crippen molar-refractivity contribution < 1.29 is 0 Å². The number of halogens is 1. The number of hydrogen-bond donors (Lipinski definition) is 2. The fraction of sp³-hybridized carbons (Fsp3) is 0.417. The lowest BCUT2D eigenvalue weighted by Crippen LogP contribution is -2.07. The van der Waals surface area contributed by atoms with Gasteiger partial charge in [0.1, 0.15) is 22.4 Å². The highest BCUT2D eigenvalue weighted by molar-refractivity contribution is 9.10. The van der Waals surface area contributed by atoms with Crippen LogP contribution in [0.3, 0.4) is 0 Å². The number of hydrogen-bond acceptors (Lipinski definition) is 6. The van der Waals surface area contributed by atoms with Gasteiger partial charge < -0.3 is 10.6 Å². The summed E-state index contributed by atoms with van der Waals surface area (Å²) in [5.74, 6) is 1.61. The van der Waals surface area contributed by atoms with Gasteiger partial charge in [0.15, 0.2) is 0 Å². The predicted octanol–water partition coefficient (Wildman–Crippen LogP) is 3.44. The maximum absolute atomic E-state index is 4.24. The van der Waals surface area contributed by atoms with Crippen LogP contribution < -0.4 is 10.6 Å². The van der Waals surface area contributed by atoms with Crippen LogP contribution in [0.2, 0.25) is 0 Å². The Morgan fingerprint density at radius 2 is 1.95 bits per heavy atom. The van der Waals surface area contributed by atoms with Crippen molar-refractivity contribution in [2.75, 3.05) is 17.2 Å². The predicted molar refractivity (Wildman–Crippen MR) is 82.7 cm³/mol. The molecule has 2 aromatic heterocycles. The SMILES string of the molecule is CCCNc1ncnc(NCc2cnc(C)s2)c1Br. The monoisotopic (exact) mass is 341 g/mol. The molecule has 0 saturated heterocycles. The molecule has 0 radical (unpaired) electrons. The lowest BCUT2D eigenvalue weighted by molar-refractivity contribution is 0.960. The summed E-state index contributed by atoms with van der Waals surface area (Å²) < 4.78 is 0.865. The zero-order chi connectivity index (χ0) is 13.7. The minimum absolute atomic E-state index is 0.717. The van der Waals surface area contributed by atoms with Crippen molar-refractivity contribution in [1.82, 2.24) is 15.0 Å². The first kappa shape index (κ1) is 14.2. The minimum Gasteiger partial charge on any atom is -0.369 e. The minimum atomic E-state index is 0.717. The van der Waals surface area contributed by atoms with Gasteiger partial charge in [-0.3, -0.25) is 0 Å². The van der Waals surface area contributed by atoms with Crippen molar-refractivity contribution in [3.63, 3.8) is 0 Å². The number of nitrogens with zero attached hydrogens (tertiary/aromatic N) is 3. The van der Waals surface area contributed by atoms with E-state index in [1.54, 1.807) is 17.7 Å². The van der Waals surface area contributed by atoms with Crippen LogP contribution in [0.4, 0.5) is 11.6 Å². The zero-order valence-corrected chi connectivity index (χ0v) is 13.3. The molecule has 2 N–H and O–H groups in total. The highest BCUT2D eigenvalue weighted by atomic mass is 79.9. The van der Waals surface area contributed by atoms with Crippen LogP contribution in [0.1, 0.15) is 23.2 Å². The first-order valence-electron chi connectivity index (χ1n) is 6.10. The first-order valence-corrected chi connectivity index (χ1v) is 7.71. The van der Waals surface area contributed by atoms with Crippen LogP contribution in [0.15, 0.2) is 17.0 Å². The van der Waals surface area contributed by atoms with Crippen LogP contribution in [0.25, 0.3) is 0 Å². The van der Waals surface area contributed by atoms with Crippen LogP contribution in [0, 0.1) is 6.92 Å². The Hall–Kier alpha value is -1.21. The van der Waals surface area contributed by atoms with E-state index in [9.17, 15) is 0 Å². The zero-order valence-electron chi connectivity index (χ0n) is 10.9. The molecule has 2 aromatic rings. The van der Waals surface area contributed by atoms with Crippen molar-refractivity contribution in [2.45, 2.75) is 26.8 Å². The molecule has 0 amide bonds. The molecule has 0 fully saturated rings. The summed E-state index contributed by atoms with van der Waals surface area (Å²) in [5, 5.41) is 7.62. The molecule has 0 unspecified atom stereocenters. The lowest BCUT2D eigenvalue weighted by Gasteiger charge is -2.10. The van der Waals surface area contributed by atoms with Gasteiger partial charge >= 0.3 is 0 Å². The molecule has 0 aliphatic heterocycles. The molecule has 0 aliphatic carbocycles. The molecule has 19 heavy (non-hydrogen) atoms. The van der Waals surface area contributed by atoms with E-state index in [0.29, 0.717) is 6.54 Å². The fourth-order valence-corrected chi connectivity index (χ4v) is 2.74. The van der Waals surface area contributed by atoms with E-state index in [2.05, 4.69) is 48.4 Å². The van der Waals surface area contributed by atoms with Gasteiger partial charge in [-0.2, -0.15) is 0 Å². The molecule has 5 nitrogen and oxygen atoms in total. The molecule has 0 spiro atoms. The summed E-state index contributed by atoms with van der Waals surface area (Å²) in [5.41, 5.74) is 0. The molecule has 0 bridgehead atoms. The van der Waals surface area contributed by atoms with Crippen LogP contribution in [-0.2, 0) is 6.54 Å². The Bertz CT molecular complexity index is 543. The molecule has 2 heterocycles. The molecule has 102 valence electrons. The van der Waals surface area contributed by atoms with E-state index in [1.165, 1.54) is 4.88 Å². The Morgan fingerprint density at radius 1 is 1.21 bits per heavy atom. The molecule has 0 aromatic carbocycles. The van der Waals surface area contributed by atoms with E-state index < -0.39 is 0 Å². The average molecular weight is 342 g/mol. The smallest absolute Gasteiger partial charge is 0.146 e. The van der Waals surface area contributed by atoms with E-state index in [-0.39, 0.29) is 0 Å². The summed E-state index contributed by atoms with van der Waals surface area (Å²) in [6.07, 6.45) is 4.50. The summed E-state index contributed by atoms with van der Waals surface area (Å²) in [7, 11) is 0.